The van der Waals surface area contributed by atoms with Crippen molar-refractivity contribution in [3.05, 3.63) is 71.6 Å². The van der Waals surface area contributed by atoms with Crippen LogP contribution in [-0.2, 0) is 15.8 Å². The molecule has 1 atom stereocenters. The highest BCUT2D eigenvalue weighted by molar-refractivity contribution is 6.49. The average Bonchev–Trinajstić information content (AvgIpc) is 2.65. The molecule has 0 N–H and O–H groups in total. The molecule has 2 rings (SSSR count). The maximum absolute atomic E-state index is 13.9. The van der Waals surface area contributed by atoms with Crippen LogP contribution in [0.25, 0.3) is 5.76 Å². The van der Waals surface area contributed by atoms with Crippen molar-refractivity contribution in [2.24, 2.45) is 11.3 Å². The fourth-order valence-corrected chi connectivity index (χ4v) is 3.23. The van der Waals surface area contributed by atoms with E-state index in [1.165, 1.54) is 18.2 Å². The first kappa shape index (κ1) is 22.9. The molecule has 0 aliphatic rings. The Labute approximate surface area is 175 Å². The van der Waals surface area contributed by atoms with Crippen LogP contribution >= 0.6 is 0 Å². The second kappa shape index (κ2) is 9.88. The lowest BCUT2D eigenvalue weighted by atomic mass is 9.79. The van der Waals surface area contributed by atoms with Crippen LogP contribution in [0.15, 0.2) is 54.6 Å². The smallest absolute Gasteiger partial charge is 0.274 e. The number of ether oxygens (including phenoxy) is 1. The number of allylic oxidation sites excluding steroid dienone is 1. The van der Waals surface area contributed by atoms with Crippen molar-refractivity contribution >= 4 is 20.6 Å². The van der Waals surface area contributed by atoms with E-state index >= 15 is 0 Å². The molecule has 3 nitrogen and oxygen atoms in total. The minimum absolute atomic E-state index is 0.0194. The van der Waals surface area contributed by atoms with E-state index in [0.717, 1.165) is 5.56 Å². The zero-order valence-corrected chi connectivity index (χ0v) is 19.1. The highest BCUT2D eigenvalue weighted by Crippen LogP contribution is 2.32. The van der Waals surface area contributed by atoms with Gasteiger partial charge in [0.25, 0.3) is 9.04 Å². The Balaban J connectivity index is 2.39. The van der Waals surface area contributed by atoms with Crippen LogP contribution in [0.1, 0.15) is 38.8 Å². The summed E-state index contributed by atoms with van der Waals surface area (Å²) in [5.41, 5.74) is 1.39. The second-order valence-corrected chi connectivity index (χ2v) is 10.4. The lowest BCUT2D eigenvalue weighted by Gasteiger charge is -2.25. The standard InChI is InChI=1S/C24H30FO3Si/c1-17(24(2,3)4)21(26)15-23(28-29(5)6)20-13-12-19(25)14-22(20)27-16-18-10-8-7-9-11-18/h7-15,17H,16H2,1-6H3/b23-15-/t17-/m1/s1. The van der Waals surface area contributed by atoms with E-state index in [0.29, 0.717) is 23.7 Å². The lowest BCUT2D eigenvalue weighted by molar-refractivity contribution is -0.120. The monoisotopic (exact) mass is 413 g/mol. The van der Waals surface area contributed by atoms with Gasteiger partial charge in [0.05, 0.1) is 5.56 Å². The predicted molar refractivity (Wildman–Crippen MR) is 117 cm³/mol. The molecule has 0 aromatic heterocycles. The molecule has 0 heterocycles. The Hall–Kier alpha value is -2.40. The normalized spacial score (nSPS) is 13.3. The number of ketones is 1. The zero-order chi connectivity index (χ0) is 21.6. The molecule has 0 spiro atoms. The molecular formula is C24H30FO3Si. The van der Waals surface area contributed by atoms with Crippen molar-refractivity contribution in [1.82, 2.24) is 0 Å². The Morgan fingerprint density at radius 1 is 1.14 bits per heavy atom. The van der Waals surface area contributed by atoms with Gasteiger partial charge in [-0.3, -0.25) is 4.79 Å². The van der Waals surface area contributed by atoms with Crippen molar-refractivity contribution in [1.29, 1.82) is 0 Å². The molecule has 0 unspecified atom stereocenters. The molecule has 1 radical (unpaired) electrons. The van der Waals surface area contributed by atoms with E-state index in [1.807, 2.05) is 71.1 Å². The molecule has 2 aromatic carbocycles. The van der Waals surface area contributed by atoms with E-state index in [4.69, 9.17) is 9.16 Å². The van der Waals surface area contributed by atoms with Gasteiger partial charge in [0, 0.05) is 18.1 Å². The largest absolute Gasteiger partial charge is 0.542 e. The average molecular weight is 414 g/mol. The number of carbonyl (C=O) groups excluding carboxylic acids is 1. The molecule has 0 amide bonds. The molecule has 0 aliphatic carbocycles. The maximum atomic E-state index is 13.9. The summed E-state index contributed by atoms with van der Waals surface area (Å²) >= 11 is 0. The molecule has 155 valence electrons. The van der Waals surface area contributed by atoms with Crippen molar-refractivity contribution < 1.29 is 18.3 Å². The van der Waals surface area contributed by atoms with Crippen molar-refractivity contribution in [2.75, 3.05) is 0 Å². The third-order valence-corrected chi connectivity index (χ3v) is 5.39. The van der Waals surface area contributed by atoms with E-state index < -0.39 is 14.9 Å². The molecule has 2 aromatic rings. The Morgan fingerprint density at radius 2 is 1.79 bits per heavy atom. The molecule has 0 fully saturated rings. The van der Waals surface area contributed by atoms with Gasteiger partial charge in [-0.2, -0.15) is 0 Å². The van der Waals surface area contributed by atoms with Gasteiger partial charge in [0.15, 0.2) is 5.78 Å². The number of halogens is 1. The minimum Gasteiger partial charge on any atom is -0.542 e. The third-order valence-electron chi connectivity index (χ3n) is 4.76. The van der Waals surface area contributed by atoms with Gasteiger partial charge in [-0.25, -0.2) is 4.39 Å². The lowest BCUT2D eigenvalue weighted by Crippen LogP contribution is -2.25. The number of hydrogen-bond donors (Lipinski definition) is 0. The second-order valence-electron chi connectivity index (χ2n) is 8.42. The summed E-state index contributed by atoms with van der Waals surface area (Å²) in [6.07, 6.45) is 1.54. The summed E-state index contributed by atoms with van der Waals surface area (Å²) in [7, 11) is -1.15. The summed E-state index contributed by atoms with van der Waals surface area (Å²) < 4.78 is 25.9. The zero-order valence-electron chi connectivity index (χ0n) is 18.1. The van der Waals surface area contributed by atoms with E-state index in [2.05, 4.69) is 0 Å². The quantitative estimate of drug-likeness (QED) is 0.291. The van der Waals surface area contributed by atoms with Crippen LogP contribution in [0, 0.1) is 17.2 Å². The maximum Gasteiger partial charge on any atom is 0.274 e. The Bertz CT molecular complexity index is 854. The highest BCUT2D eigenvalue weighted by Gasteiger charge is 2.26. The third kappa shape index (κ3) is 6.86. The molecule has 0 saturated heterocycles. The number of benzene rings is 2. The number of carbonyl (C=O) groups is 1. The predicted octanol–water partition coefficient (Wildman–Crippen LogP) is 6.26. The summed E-state index contributed by atoms with van der Waals surface area (Å²) in [4.78, 5) is 12.9. The van der Waals surface area contributed by atoms with Gasteiger partial charge in [-0.1, -0.05) is 58.0 Å². The SMILES string of the molecule is C[C@H](C(=O)/C=C(\O[Si](C)C)c1ccc(F)cc1OCc1ccccc1)C(C)(C)C. The van der Waals surface area contributed by atoms with Crippen molar-refractivity contribution in [2.45, 2.75) is 47.4 Å². The molecule has 0 saturated carbocycles. The summed E-state index contributed by atoms with van der Waals surface area (Å²) in [6.45, 7) is 12.3. The molecule has 0 bridgehead atoms. The van der Waals surface area contributed by atoms with Gasteiger partial charge >= 0.3 is 0 Å². The first-order chi connectivity index (χ1) is 13.6. The highest BCUT2D eigenvalue weighted by atomic mass is 28.3. The van der Waals surface area contributed by atoms with Crippen LogP contribution in [0.5, 0.6) is 5.75 Å². The minimum atomic E-state index is -1.15. The first-order valence-corrected chi connectivity index (χ1v) is 12.2. The molecular weight excluding hydrogens is 383 g/mol. The van der Waals surface area contributed by atoms with Crippen LogP contribution in [0.4, 0.5) is 4.39 Å². The molecule has 5 heteroatoms. The van der Waals surface area contributed by atoms with E-state index in [-0.39, 0.29) is 17.1 Å². The van der Waals surface area contributed by atoms with Crippen molar-refractivity contribution in [3.63, 3.8) is 0 Å². The van der Waals surface area contributed by atoms with E-state index in [9.17, 15) is 9.18 Å². The molecule has 29 heavy (non-hydrogen) atoms. The van der Waals surface area contributed by atoms with Crippen LogP contribution in [0.2, 0.25) is 13.1 Å². The summed E-state index contributed by atoms with van der Waals surface area (Å²) in [6, 6.07) is 14.0. The fourth-order valence-electron chi connectivity index (χ4n) is 2.62. The van der Waals surface area contributed by atoms with Gasteiger partial charge in [-0.15, -0.1) is 0 Å². The van der Waals surface area contributed by atoms with E-state index in [1.54, 1.807) is 6.07 Å². The molecule has 0 aliphatic heterocycles. The number of rotatable bonds is 8. The van der Waals surface area contributed by atoms with Crippen LogP contribution in [0.3, 0.4) is 0 Å². The van der Waals surface area contributed by atoms with Gasteiger partial charge in [0.1, 0.15) is 23.9 Å². The fraction of sp³-hybridized carbons (Fsp3) is 0.375. The van der Waals surface area contributed by atoms with Crippen molar-refractivity contribution in [3.8, 4) is 5.75 Å². The first-order valence-electron chi connectivity index (χ1n) is 9.78. The van der Waals surface area contributed by atoms with Gasteiger partial charge in [0.2, 0.25) is 0 Å². The topological polar surface area (TPSA) is 35.5 Å². The van der Waals surface area contributed by atoms with Crippen LogP contribution < -0.4 is 4.74 Å². The Kier molecular flexibility index (Phi) is 7.79. The number of hydrogen-bond acceptors (Lipinski definition) is 3. The van der Waals surface area contributed by atoms with Gasteiger partial charge in [-0.05, 0) is 36.2 Å². The van der Waals surface area contributed by atoms with Crippen LogP contribution in [-0.4, -0.2) is 14.8 Å². The summed E-state index contributed by atoms with van der Waals surface area (Å²) in [5, 5.41) is 0. The summed E-state index contributed by atoms with van der Waals surface area (Å²) in [5.74, 6) is 0.199. The van der Waals surface area contributed by atoms with Gasteiger partial charge < -0.3 is 9.16 Å². The Morgan fingerprint density at radius 3 is 2.38 bits per heavy atom.